The van der Waals surface area contributed by atoms with Crippen LogP contribution in [-0.2, 0) is 0 Å². The van der Waals surface area contributed by atoms with E-state index >= 15 is 0 Å². The predicted molar refractivity (Wildman–Crippen MR) is 66.1 cm³/mol. The fourth-order valence-corrected chi connectivity index (χ4v) is 1.29. The molecule has 2 aromatic rings. The number of hydrogen-bond donors (Lipinski definition) is 2. The van der Waals surface area contributed by atoms with Crippen LogP contribution in [0.4, 0.5) is 5.95 Å². The van der Waals surface area contributed by atoms with Crippen LogP contribution in [0.2, 0.25) is 0 Å². The molecule has 5 heteroatoms. The van der Waals surface area contributed by atoms with E-state index in [0.29, 0.717) is 11.5 Å². The Morgan fingerprint density at radius 2 is 2.06 bits per heavy atom. The minimum atomic E-state index is 0.190. The monoisotopic (exact) mass is 228 g/mol. The first-order valence-electron chi connectivity index (χ1n) is 5.11. The summed E-state index contributed by atoms with van der Waals surface area (Å²) in [6.07, 6.45) is 4.77. The summed E-state index contributed by atoms with van der Waals surface area (Å²) in [6.45, 7) is 1.95. The first-order valence-corrected chi connectivity index (χ1v) is 5.11. The minimum Gasteiger partial charge on any atom is -0.507 e. The molecule has 0 atom stereocenters. The molecule has 0 aliphatic heterocycles. The normalized spacial score (nSPS) is 10.6. The van der Waals surface area contributed by atoms with Gasteiger partial charge in [-0.1, -0.05) is 11.6 Å². The standard InChI is InChI=1S/C12H12N4O/c1-9-3-4-11(17)10(7-9)8-15-16-12-13-5-2-6-14-12/h2-8,17H,1H3,(H,13,14,16)/b15-8-. The van der Waals surface area contributed by atoms with Gasteiger partial charge in [-0.2, -0.15) is 5.10 Å². The molecule has 0 radical (unpaired) electrons. The number of benzene rings is 1. The lowest BCUT2D eigenvalue weighted by atomic mass is 10.1. The zero-order valence-corrected chi connectivity index (χ0v) is 9.33. The van der Waals surface area contributed by atoms with Gasteiger partial charge in [0.2, 0.25) is 5.95 Å². The number of anilines is 1. The van der Waals surface area contributed by atoms with Gasteiger partial charge in [0.1, 0.15) is 5.75 Å². The highest BCUT2D eigenvalue weighted by Gasteiger charge is 1.97. The summed E-state index contributed by atoms with van der Waals surface area (Å²) in [4.78, 5) is 7.90. The molecule has 17 heavy (non-hydrogen) atoms. The van der Waals surface area contributed by atoms with Gasteiger partial charge in [-0.25, -0.2) is 15.4 Å². The summed E-state index contributed by atoms with van der Waals surface area (Å²) in [5, 5.41) is 13.5. The average molecular weight is 228 g/mol. The van der Waals surface area contributed by atoms with Crippen LogP contribution in [-0.4, -0.2) is 21.3 Å². The molecule has 0 aliphatic rings. The number of aryl methyl sites for hydroxylation is 1. The highest BCUT2D eigenvalue weighted by Crippen LogP contribution is 2.15. The Morgan fingerprint density at radius 3 is 2.82 bits per heavy atom. The van der Waals surface area contributed by atoms with E-state index in [-0.39, 0.29) is 5.75 Å². The van der Waals surface area contributed by atoms with Crippen LogP contribution in [0.3, 0.4) is 0 Å². The number of phenolic OH excluding ortho intramolecular Hbond substituents is 1. The van der Waals surface area contributed by atoms with Crippen LogP contribution in [0.5, 0.6) is 5.75 Å². The van der Waals surface area contributed by atoms with Gasteiger partial charge in [0, 0.05) is 18.0 Å². The molecule has 0 unspecified atom stereocenters. The molecule has 2 N–H and O–H groups in total. The Morgan fingerprint density at radius 1 is 1.29 bits per heavy atom. The zero-order chi connectivity index (χ0) is 12.1. The number of aromatic hydroxyl groups is 1. The van der Waals surface area contributed by atoms with Gasteiger partial charge < -0.3 is 5.11 Å². The Hall–Kier alpha value is -2.43. The maximum absolute atomic E-state index is 9.58. The van der Waals surface area contributed by atoms with Crippen LogP contribution in [0.15, 0.2) is 41.8 Å². The topological polar surface area (TPSA) is 70.4 Å². The quantitative estimate of drug-likeness (QED) is 0.622. The predicted octanol–water partition coefficient (Wildman–Crippen LogP) is 1.94. The minimum absolute atomic E-state index is 0.190. The number of hydrogen-bond acceptors (Lipinski definition) is 5. The molecule has 1 heterocycles. The molecule has 0 saturated heterocycles. The third-order valence-electron chi connectivity index (χ3n) is 2.12. The van der Waals surface area contributed by atoms with Crippen molar-refractivity contribution in [3.05, 3.63) is 47.8 Å². The highest BCUT2D eigenvalue weighted by molar-refractivity contribution is 5.83. The van der Waals surface area contributed by atoms with E-state index in [9.17, 15) is 5.11 Å². The molecule has 86 valence electrons. The molecule has 1 aromatic heterocycles. The van der Waals surface area contributed by atoms with Crippen molar-refractivity contribution in [1.82, 2.24) is 9.97 Å². The van der Waals surface area contributed by atoms with Gasteiger partial charge in [0.05, 0.1) is 6.21 Å². The van der Waals surface area contributed by atoms with Gasteiger partial charge in [0.25, 0.3) is 0 Å². The van der Waals surface area contributed by atoms with Crippen molar-refractivity contribution in [2.75, 3.05) is 5.43 Å². The van der Waals surface area contributed by atoms with Crippen LogP contribution >= 0.6 is 0 Å². The maximum atomic E-state index is 9.58. The molecule has 5 nitrogen and oxygen atoms in total. The van der Waals surface area contributed by atoms with Crippen molar-refractivity contribution >= 4 is 12.2 Å². The van der Waals surface area contributed by atoms with Crippen LogP contribution in [0, 0.1) is 6.92 Å². The number of aromatic nitrogens is 2. The number of rotatable bonds is 3. The Labute approximate surface area is 98.9 Å². The molecule has 0 fully saturated rings. The first-order chi connectivity index (χ1) is 8.25. The largest absolute Gasteiger partial charge is 0.507 e. The summed E-state index contributed by atoms with van der Waals surface area (Å²) >= 11 is 0. The number of nitrogens with zero attached hydrogens (tertiary/aromatic N) is 3. The second-order valence-corrected chi connectivity index (χ2v) is 3.50. The second-order valence-electron chi connectivity index (χ2n) is 3.50. The summed E-state index contributed by atoms with van der Waals surface area (Å²) in [6, 6.07) is 7.03. The van der Waals surface area contributed by atoms with Crippen molar-refractivity contribution < 1.29 is 5.11 Å². The van der Waals surface area contributed by atoms with Gasteiger partial charge in [0.15, 0.2) is 0 Å². The molecule has 0 aliphatic carbocycles. The van der Waals surface area contributed by atoms with Crippen molar-refractivity contribution in [2.45, 2.75) is 6.92 Å². The van der Waals surface area contributed by atoms with Gasteiger partial charge in [-0.3, -0.25) is 0 Å². The van der Waals surface area contributed by atoms with Crippen molar-refractivity contribution in [3.63, 3.8) is 0 Å². The van der Waals surface area contributed by atoms with E-state index in [0.717, 1.165) is 5.56 Å². The number of phenols is 1. The van der Waals surface area contributed by atoms with E-state index in [1.54, 1.807) is 24.5 Å². The molecule has 2 rings (SSSR count). The van der Waals surface area contributed by atoms with Gasteiger partial charge >= 0.3 is 0 Å². The number of nitrogens with one attached hydrogen (secondary N) is 1. The zero-order valence-electron chi connectivity index (χ0n) is 9.33. The van der Waals surface area contributed by atoms with Gasteiger partial charge in [-0.05, 0) is 25.1 Å². The van der Waals surface area contributed by atoms with Crippen molar-refractivity contribution in [2.24, 2.45) is 5.10 Å². The fourth-order valence-electron chi connectivity index (χ4n) is 1.29. The summed E-state index contributed by atoms with van der Waals surface area (Å²) in [5.74, 6) is 0.603. The van der Waals surface area contributed by atoms with Crippen molar-refractivity contribution in [3.8, 4) is 5.75 Å². The van der Waals surface area contributed by atoms with Gasteiger partial charge in [-0.15, -0.1) is 0 Å². The van der Waals surface area contributed by atoms with E-state index in [4.69, 9.17) is 0 Å². The van der Waals surface area contributed by atoms with Crippen LogP contribution in [0.25, 0.3) is 0 Å². The smallest absolute Gasteiger partial charge is 0.243 e. The summed E-state index contributed by atoms with van der Waals surface area (Å²) in [5.41, 5.74) is 4.38. The molecule has 0 bridgehead atoms. The van der Waals surface area contributed by atoms with E-state index in [1.807, 2.05) is 19.1 Å². The van der Waals surface area contributed by atoms with E-state index in [2.05, 4.69) is 20.5 Å². The summed E-state index contributed by atoms with van der Waals surface area (Å²) in [7, 11) is 0. The lowest BCUT2D eigenvalue weighted by molar-refractivity contribution is 0.474. The molecule has 0 amide bonds. The lowest BCUT2D eigenvalue weighted by Crippen LogP contribution is -1.95. The SMILES string of the molecule is Cc1ccc(O)c(/C=N\Nc2ncccn2)c1. The molecule has 1 aromatic carbocycles. The third-order valence-corrected chi connectivity index (χ3v) is 2.12. The lowest BCUT2D eigenvalue weighted by Gasteiger charge is -2.00. The Bertz CT molecular complexity index is 525. The third kappa shape index (κ3) is 3.01. The second kappa shape index (κ2) is 5.07. The average Bonchev–Trinajstić information content (AvgIpc) is 2.35. The molecular formula is C12H12N4O. The van der Waals surface area contributed by atoms with Crippen molar-refractivity contribution in [1.29, 1.82) is 0 Å². The Kier molecular flexibility index (Phi) is 3.30. The Balaban J connectivity index is 2.08. The fraction of sp³-hybridized carbons (Fsp3) is 0.0833. The van der Waals surface area contributed by atoms with E-state index in [1.165, 1.54) is 6.21 Å². The number of hydrazone groups is 1. The maximum Gasteiger partial charge on any atom is 0.243 e. The molecular weight excluding hydrogens is 216 g/mol. The first kappa shape index (κ1) is 11.1. The summed E-state index contributed by atoms with van der Waals surface area (Å²) < 4.78 is 0. The molecule has 0 saturated carbocycles. The highest BCUT2D eigenvalue weighted by atomic mass is 16.3. The molecule has 0 spiro atoms. The van der Waals surface area contributed by atoms with Crippen LogP contribution < -0.4 is 5.43 Å². The van der Waals surface area contributed by atoms with E-state index < -0.39 is 0 Å². The van der Waals surface area contributed by atoms with Crippen LogP contribution in [0.1, 0.15) is 11.1 Å².